The highest BCUT2D eigenvalue weighted by Gasteiger charge is 2.20. The second-order valence-corrected chi connectivity index (χ2v) is 5.66. The number of hydrogen-bond acceptors (Lipinski definition) is 4. The molecule has 0 aliphatic carbocycles. The predicted molar refractivity (Wildman–Crippen MR) is 77.2 cm³/mol. The first-order chi connectivity index (χ1) is 9.24. The average Bonchev–Trinajstić information content (AvgIpc) is 2.33. The summed E-state index contributed by atoms with van der Waals surface area (Å²) >= 11 is 6.04. The van der Waals surface area contributed by atoms with E-state index in [4.69, 9.17) is 21.1 Å². The molecule has 0 aromatic heterocycles. The topological polar surface area (TPSA) is 67.8 Å². The predicted octanol–water partition coefficient (Wildman–Crippen LogP) is 2.91. The minimum absolute atomic E-state index is 0.0188. The molecule has 1 amide bonds. The van der Waals surface area contributed by atoms with Gasteiger partial charge in [0.05, 0.1) is 18.7 Å². The molecule has 0 saturated carbocycles. The number of benzene rings is 1. The van der Waals surface area contributed by atoms with E-state index in [0.717, 1.165) is 0 Å². The lowest BCUT2D eigenvalue weighted by Crippen LogP contribution is -2.34. The monoisotopic (exact) mass is 301 g/mol. The maximum Gasteiger partial charge on any atom is 0.407 e. The largest absolute Gasteiger partial charge is 0.496 e. The lowest BCUT2D eigenvalue weighted by molar-refractivity contribution is 0.0490. The fraction of sp³-hybridized carbons (Fsp3) is 0.500. The second kappa shape index (κ2) is 6.81. The van der Waals surface area contributed by atoms with Crippen molar-refractivity contribution in [2.45, 2.75) is 32.5 Å². The number of carbonyl (C=O) groups is 1. The van der Waals surface area contributed by atoms with Crippen LogP contribution in [0.4, 0.5) is 4.79 Å². The number of carbonyl (C=O) groups excluding carboxylic acids is 1. The van der Waals surface area contributed by atoms with Crippen LogP contribution in [0.3, 0.4) is 0 Å². The van der Waals surface area contributed by atoms with Crippen LogP contribution in [-0.4, -0.2) is 30.5 Å². The molecule has 0 bridgehead atoms. The first-order valence-electron chi connectivity index (χ1n) is 6.22. The van der Waals surface area contributed by atoms with E-state index in [2.05, 4.69) is 5.32 Å². The zero-order chi connectivity index (χ0) is 15.3. The van der Waals surface area contributed by atoms with E-state index in [9.17, 15) is 9.90 Å². The molecule has 0 spiro atoms. The fourth-order valence-corrected chi connectivity index (χ4v) is 1.91. The molecule has 5 nitrogen and oxygen atoms in total. The Bertz CT molecular complexity index is 471. The van der Waals surface area contributed by atoms with Crippen molar-refractivity contribution in [1.82, 2.24) is 5.32 Å². The molecular weight excluding hydrogens is 282 g/mol. The maximum absolute atomic E-state index is 11.5. The van der Waals surface area contributed by atoms with Crippen molar-refractivity contribution in [1.29, 1.82) is 0 Å². The molecule has 1 unspecified atom stereocenters. The quantitative estimate of drug-likeness (QED) is 0.897. The van der Waals surface area contributed by atoms with E-state index in [1.54, 1.807) is 39.0 Å². The summed E-state index contributed by atoms with van der Waals surface area (Å²) in [5.74, 6) is 0.469. The van der Waals surface area contributed by atoms with Gasteiger partial charge in [-0.25, -0.2) is 4.79 Å². The molecule has 20 heavy (non-hydrogen) atoms. The van der Waals surface area contributed by atoms with Crippen LogP contribution in [0.15, 0.2) is 18.2 Å². The maximum atomic E-state index is 11.5. The molecule has 0 radical (unpaired) electrons. The van der Waals surface area contributed by atoms with Crippen LogP contribution in [-0.2, 0) is 4.74 Å². The molecule has 2 N–H and O–H groups in total. The molecule has 1 aromatic rings. The van der Waals surface area contributed by atoms with E-state index in [1.807, 2.05) is 0 Å². The summed E-state index contributed by atoms with van der Waals surface area (Å²) in [6, 6.07) is 5.06. The number of halogens is 1. The van der Waals surface area contributed by atoms with Crippen molar-refractivity contribution in [2.75, 3.05) is 13.7 Å². The van der Waals surface area contributed by atoms with Crippen LogP contribution >= 0.6 is 11.6 Å². The highest BCUT2D eigenvalue weighted by molar-refractivity contribution is 6.31. The zero-order valence-corrected chi connectivity index (χ0v) is 12.8. The molecule has 6 heteroatoms. The lowest BCUT2D eigenvalue weighted by atomic mass is 10.1. The van der Waals surface area contributed by atoms with Gasteiger partial charge in [-0.1, -0.05) is 17.7 Å². The Morgan fingerprint density at radius 1 is 1.45 bits per heavy atom. The minimum Gasteiger partial charge on any atom is -0.496 e. The van der Waals surface area contributed by atoms with Crippen LogP contribution in [0.2, 0.25) is 5.02 Å². The molecule has 0 aliphatic rings. The van der Waals surface area contributed by atoms with Crippen LogP contribution in [0.25, 0.3) is 0 Å². The molecule has 112 valence electrons. The van der Waals surface area contributed by atoms with E-state index >= 15 is 0 Å². The second-order valence-electron chi connectivity index (χ2n) is 5.25. The average molecular weight is 302 g/mol. The van der Waals surface area contributed by atoms with Gasteiger partial charge in [0.25, 0.3) is 0 Å². The van der Waals surface area contributed by atoms with Gasteiger partial charge < -0.3 is 19.9 Å². The van der Waals surface area contributed by atoms with Crippen molar-refractivity contribution >= 4 is 17.7 Å². The third-order valence-electron chi connectivity index (χ3n) is 2.40. The lowest BCUT2D eigenvalue weighted by Gasteiger charge is -2.21. The summed E-state index contributed by atoms with van der Waals surface area (Å²) in [6.45, 7) is 5.27. The highest BCUT2D eigenvalue weighted by Crippen LogP contribution is 2.31. The summed E-state index contributed by atoms with van der Waals surface area (Å²) in [7, 11) is 1.49. The number of nitrogens with one attached hydrogen (secondary N) is 1. The number of alkyl carbamates (subject to hydrolysis) is 1. The molecule has 0 saturated heterocycles. The van der Waals surface area contributed by atoms with E-state index in [1.165, 1.54) is 7.11 Å². The number of hydrogen-bond donors (Lipinski definition) is 2. The van der Waals surface area contributed by atoms with Gasteiger partial charge in [-0.05, 0) is 32.9 Å². The first kappa shape index (κ1) is 16.6. The molecule has 1 atom stereocenters. The SMILES string of the molecule is COc1cccc(Cl)c1C(O)CNC(=O)OC(C)(C)C. The summed E-state index contributed by atoms with van der Waals surface area (Å²) in [5, 5.41) is 13.0. The van der Waals surface area contributed by atoms with E-state index in [-0.39, 0.29) is 6.54 Å². The van der Waals surface area contributed by atoms with E-state index in [0.29, 0.717) is 16.3 Å². The van der Waals surface area contributed by atoms with Gasteiger partial charge in [0.1, 0.15) is 17.5 Å². The van der Waals surface area contributed by atoms with Crippen molar-refractivity contribution in [3.05, 3.63) is 28.8 Å². The number of methoxy groups -OCH3 is 1. The summed E-state index contributed by atoms with van der Waals surface area (Å²) < 4.78 is 10.2. The number of aliphatic hydroxyl groups excluding tert-OH is 1. The number of amides is 1. The zero-order valence-electron chi connectivity index (χ0n) is 12.1. The molecule has 0 fully saturated rings. The Balaban J connectivity index is 2.68. The van der Waals surface area contributed by atoms with E-state index < -0.39 is 17.8 Å². The molecule has 1 rings (SSSR count). The van der Waals surface area contributed by atoms with Crippen LogP contribution < -0.4 is 10.1 Å². The van der Waals surface area contributed by atoms with Crippen LogP contribution in [0.1, 0.15) is 32.4 Å². The Morgan fingerprint density at radius 2 is 2.10 bits per heavy atom. The molecule has 1 aromatic carbocycles. The third kappa shape index (κ3) is 4.90. The Kier molecular flexibility index (Phi) is 5.65. The molecular formula is C14H20ClNO4. The minimum atomic E-state index is -0.980. The van der Waals surface area contributed by atoms with Crippen molar-refractivity contribution < 1.29 is 19.4 Å². The van der Waals surface area contributed by atoms with Gasteiger partial charge in [-0.3, -0.25) is 0 Å². The first-order valence-corrected chi connectivity index (χ1v) is 6.59. The molecule has 0 heterocycles. The normalized spacial score (nSPS) is 12.7. The Hall–Kier alpha value is -1.46. The third-order valence-corrected chi connectivity index (χ3v) is 2.73. The number of aliphatic hydroxyl groups is 1. The molecule has 0 aliphatic heterocycles. The number of ether oxygens (including phenoxy) is 2. The van der Waals surface area contributed by atoms with Gasteiger partial charge in [0.2, 0.25) is 0 Å². The summed E-state index contributed by atoms with van der Waals surface area (Å²) in [4.78, 5) is 11.5. The van der Waals surface area contributed by atoms with Gasteiger partial charge >= 0.3 is 6.09 Å². The van der Waals surface area contributed by atoms with Crippen LogP contribution in [0.5, 0.6) is 5.75 Å². The van der Waals surface area contributed by atoms with Crippen LogP contribution in [0, 0.1) is 0 Å². The Morgan fingerprint density at radius 3 is 2.65 bits per heavy atom. The van der Waals surface area contributed by atoms with Gasteiger partial charge in [0.15, 0.2) is 0 Å². The van der Waals surface area contributed by atoms with Crippen molar-refractivity contribution in [3.63, 3.8) is 0 Å². The smallest absolute Gasteiger partial charge is 0.407 e. The highest BCUT2D eigenvalue weighted by atomic mass is 35.5. The number of rotatable bonds is 4. The Labute approximate surface area is 123 Å². The summed E-state index contributed by atoms with van der Waals surface area (Å²) in [5.41, 5.74) is -0.148. The van der Waals surface area contributed by atoms with Gasteiger partial charge in [-0.15, -0.1) is 0 Å². The van der Waals surface area contributed by atoms with Gasteiger partial charge in [-0.2, -0.15) is 0 Å². The summed E-state index contributed by atoms with van der Waals surface area (Å²) in [6.07, 6.45) is -1.58. The fourth-order valence-electron chi connectivity index (χ4n) is 1.61. The van der Waals surface area contributed by atoms with Gasteiger partial charge in [0, 0.05) is 5.56 Å². The van der Waals surface area contributed by atoms with Crippen molar-refractivity contribution in [2.24, 2.45) is 0 Å². The van der Waals surface area contributed by atoms with Crippen molar-refractivity contribution in [3.8, 4) is 5.75 Å². The standard InChI is InChI=1S/C14H20ClNO4/c1-14(2,3)20-13(18)16-8-10(17)12-9(15)6-5-7-11(12)19-4/h5-7,10,17H,8H2,1-4H3,(H,16,18).